The Balaban J connectivity index is 2.04. The molecule has 3 aromatic carbocycles. The number of carbonyl (C=O) groups excluding carboxylic acids is 2. The van der Waals surface area contributed by atoms with Gasteiger partial charge in [-0.2, -0.15) is 0 Å². The van der Waals surface area contributed by atoms with Crippen LogP contribution in [0.4, 0.5) is 5.69 Å². The highest BCUT2D eigenvalue weighted by atomic mass is 79.9. The molecule has 0 heterocycles. The van der Waals surface area contributed by atoms with Crippen LogP contribution in [0.1, 0.15) is 36.5 Å². The van der Waals surface area contributed by atoms with Gasteiger partial charge in [-0.25, -0.2) is 8.42 Å². The number of nitrogens with one attached hydrogen (secondary N) is 1. The van der Waals surface area contributed by atoms with Gasteiger partial charge >= 0.3 is 0 Å². The number of aryl methyl sites for hydroxylation is 1. The molecule has 2 amide bonds. The fourth-order valence-electron chi connectivity index (χ4n) is 4.29. The van der Waals surface area contributed by atoms with Gasteiger partial charge < -0.3 is 10.2 Å². The molecule has 0 aromatic heterocycles. The van der Waals surface area contributed by atoms with Crippen molar-refractivity contribution in [1.29, 1.82) is 0 Å². The summed E-state index contributed by atoms with van der Waals surface area (Å²) in [4.78, 5) is 29.1. The summed E-state index contributed by atoms with van der Waals surface area (Å²) < 4.78 is 27.7. The quantitative estimate of drug-likeness (QED) is 0.240. The fourth-order valence-corrected chi connectivity index (χ4v) is 5.59. The number of unbranched alkanes of at least 4 members (excludes halogenated alkanes) is 1. The van der Waals surface area contributed by atoms with Crippen LogP contribution in [0.3, 0.4) is 0 Å². The van der Waals surface area contributed by atoms with Crippen molar-refractivity contribution in [2.45, 2.75) is 45.7 Å². The number of anilines is 1. The molecular formula is C30H35BrClN3O4S. The normalized spacial score (nSPS) is 12.0. The minimum absolute atomic E-state index is 0.0784. The van der Waals surface area contributed by atoms with E-state index in [1.165, 1.54) is 4.90 Å². The van der Waals surface area contributed by atoms with E-state index in [1.807, 2.05) is 50.2 Å². The Bertz CT molecular complexity index is 1420. The predicted molar refractivity (Wildman–Crippen MR) is 165 cm³/mol. The summed E-state index contributed by atoms with van der Waals surface area (Å²) in [6, 6.07) is 20.8. The Morgan fingerprint density at radius 3 is 2.33 bits per heavy atom. The van der Waals surface area contributed by atoms with Crippen LogP contribution in [0, 0.1) is 6.92 Å². The number of benzene rings is 3. The number of amides is 2. The second-order valence-electron chi connectivity index (χ2n) is 9.70. The van der Waals surface area contributed by atoms with Crippen LogP contribution in [0.25, 0.3) is 0 Å². The zero-order valence-electron chi connectivity index (χ0n) is 22.9. The van der Waals surface area contributed by atoms with Gasteiger partial charge in [0.05, 0.1) is 11.9 Å². The molecule has 0 saturated carbocycles. The monoisotopic (exact) mass is 647 g/mol. The molecular weight excluding hydrogens is 614 g/mol. The summed E-state index contributed by atoms with van der Waals surface area (Å²) in [5, 5.41) is 3.47. The van der Waals surface area contributed by atoms with Gasteiger partial charge in [-0.05, 0) is 60.4 Å². The lowest BCUT2D eigenvalue weighted by Crippen LogP contribution is -2.53. The van der Waals surface area contributed by atoms with Crippen molar-refractivity contribution in [3.05, 3.63) is 99.0 Å². The molecule has 1 N–H and O–H groups in total. The van der Waals surface area contributed by atoms with E-state index in [9.17, 15) is 18.0 Å². The third-order valence-corrected chi connectivity index (χ3v) is 8.72. The Labute approximate surface area is 250 Å². The lowest BCUT2D eigenvalue weighted by molar-refractivity contribution is -0.140. The molecule has 0 radical (unpaired) electrons. The van der Waals surface area contributed by atoms with Gasteiger partial charge in [0, 0.05) is 29.0 Å². The van der Waals surface area contributed by atoms with Crippen LogP contribution < -0.4 is 9.62 Å². The lowest BCUT2D eigenvalue weighted by Gasteiger charge is -2.33. The van der Waals surface area contributed by atoms with E-state index in [2.05, 4.69) is 21.2 Å². The standard InChI is InChI=1S/C30H35BrClN3O4S/c1-4-5-16-33-30(37)28(19-23-10-7-6-8-11-23)34(20-24-12-9-13-25(32)18-24)29(36)21-35(40(3,38)39)26-14-15-27(31)22(2)17-26/h6-15,17-18,28H,4-5,16,19-21H2,1-3H3,(H,33,37). The first-order valence-corrected chi connectivity index (χ1v) is 16.1. The van der Waals surface area contributed by atoms with Crippen LogP contribution in [0.15, 0.2) is 77.3 Å². The minimum atomic E-state index is -3.83. The van der Waals surface area contributed by atoms with Gasteiger partial charge in [-0.15, -0.1) is 0 Å². The van der Waals surface area contributed by atoms with E-state index in [4.69, 9.17) is 11.6 Å². The van der Waals surface area contributed by atoms with Crippen molar-refractivity contribution in [3.8, 4) is 0 Å². The molecule has 0 aliphatic heterocycles. The predicted octanol–water partition coefficient (Wildman–Crippen LogP) is 5.73. The molecule has 0 fully saturated rings. The lowest BCUT2D eigenvalue weighted by atomic mass is 10.0. The van der Waals surface area contributed by atoms with Crippen molar-refractivity contribution in [3.63, 3.8) is 0 Å². The highest BCUT2D eigenvalue weighted by Crippen LogP contribution is 2.25. The van der Waals surface area contributed by atoms with Crippen molar-refractivity contribution < 1.29 is 18.0 Å². The molecule has 0 aliphatic rings. The molecule has 7 nitrogen and oxygen atoms in total. The number of halogens is 2. The SMILES string of the molecule is CCCCNC(=O)C(Cc1ccccc1)N(Cc1cccc(Cl)c1)C(=O)CN(c1ccc(Br)c(C)c1)S(C)(=O)=O. The Morgan fingerprint density at radius 2 is 1.70 bits per heavy atom. The first-order chi connectivity index (χ1) is 19.0. The molecule has 0 spiro atoms. The summed E-state index contributed by atoms with van der Waals surface area (Å²) in [5.41, 5.74) is 2.80. The molecule has 1 unspecified atom stereocenters. The Kier molecular flexibility index (Phi) is 11.6. The van der Waals surface area contributed by atoms with Crippen LogP contribution in [-0.2, 0) is 32.6 Å². The van der Waals surface area contributed by atoms with E-state index >= 15 is 0 Å². The van der Waals surface area contributed by atoms with Crippen LogP contribution in [0.2, 0.25) is 5.02 Å². The maximum absolute atomic E-state index is 14.1. The third kappa shape index (κ3) is 9.08. The molecule has 0 aliphatic carbocycles. The highest BCUT2D eigenvalue weighted by Gasteiger charge is 2.33. The van der Waals surface area contributed by atoms with Gasteiger partial charge in [0.2, 0.25) is 21.8 Å². The zero-order valence-corrected chi connectivity index (χ0v) is 26.1. The minimum Gasteiger partial charge on any atom is -0.354 e. The van der Waals surface area contributed by atoms with Crippen LogP contribution in [0.5, 0.6) is 0 Å². The number of nitrogens with zero attached hydrogens (tertiary/aromatic N) is 2. The maximum atomic E-state index is 14.1. The first kappa shape index (κ1) is 31.6. The molecule has 0 bridgehead atoms. The van der Waals surface area contributed by atoms with Crippen molar-refractivity contribution in [1.82, 2.24) is 10.2 Å². The summed E-state index contributed by atoms with van der Waals surface area (Å²) in [6.07, 6.45) is 3.04. The summed E-state index contributed by atoms with van der Waals surface area (Å²) in [6.45, 7) is 3.97. The topological polar surface area (TPSA) is 86.8 Å². The Hall–Kier alpha value is -2.88. The molecule has 40 heavy (non-hydrogen) atoms. The van der Waals surface area contributed by atoms with E-state index in [-0.39, 0.29) is 18.9 Å². The summed E-state index contributed by atoms with van der Waals surface area (Å²) in [5.74, 6) is -0.796. The fraction of sp³-hybridized carbons (Fsp3) is 0.333. The second-order valence-corrected chi connectivity index (χ2v) is 12.9. The molecule has 10 heteroatoms. The van der Waals surface area contributed by atoms with Gasteiger partial charge in [-0.3, -0.25) is 13.9 Å². The highest BCUT2D eigenvalue weighted by molar-refractivity contribution is 9.10. The van der Waals surface area contributed by atoms with Gasteiger partial charge in [0.25, 0.3) is 0 Å². The Morgan fingerprint density at radius 1 is 1.00 bits per heavy atom. The van der Waals surface area contributed by atoms with E-state index < -0.39 is 28.5 Å². The van der Waals surface area contributed by atoms with Gasteiger partial charge in [0.15, 0.2) is 0 Å². The summed E-state index contributed by atoms with van der Waals surface area (Å²) >= 11 is 9.68. The van der Waals surface area contributed by atoms with Crippen molar-refractivity contribution in [2.75, 3.05) is 23.7 Å². The van der Waals surface area contributed by atoms with Crippen LogP contribution in [-0.4, -0.2) is 50.5 Å². The molecule has 0 saturated heterocycles. The molecule has 1 atom stereocenters. The second kappa shape index (κ2) is 14.7. The number of sulfonamides is 1. The largest absolute Gasteiger partial charge is 0.354 e. The third-order valence-electron chi connectivity index (χ3n) is 6.45. The number of hydrogen-bond acceptors (Lipinski definition) is 4. The van der Waals surface area contributed by atoms with E-state index in [1.54, 1.807) is 36.4 Å². The smallest absolute Gasteiger partial charge is 0.244 e. The zero-order chi connectivity index (χ0) is 29.3. The average molecular weight is 649 g/mol. The van der Waals surface area contributed by atoms with E-state index in [0.29, 0.717) is 17.3 Å². The number of hydrogen-bond donors (Lipinski definition) is 1. The van der Waals surface area contributed by atoms with Crippen molar-refractivity contribution in [2.24, 2.45) is 0 Å². The van der Waals surface area contributed by atoms with Crippen molar-refractivity contribution >= 4 is 55.1 Å². The first-order valence-electron chi connectivity index (χ1n) is 13.1. The molecule has 214 valence electrons. The van der Waals surface area contributed by atoms with Gasteiger partial charge in [0.1, 0.15) is 12.6 Å². The average Bonchev–Trinajstić information content (AvgIpc) is 2.91. The molecule has 3 rings (SSSR count). The maximum Gasteiger partial charge on any atom is 0.244 e. The van der Waals surface area contributed by atoms with E-state index in [0.717, 1.165) is 44.6 Å². The number of carbonyl (C=O) groups is 2. The summed E-state index contributed by atoms with van der Waals surface area (Å²) in [7, 11) is -3.83. The van der Waals surface area contributed by atoms with Gasteiger partial charge in [-0.1, -0.05) is 83.3 Å². The molecule has 3 aromatic rings. The number of rotatable bonds is 13. The van der Waals surface area contributed by atoms with Crippen LogP contribution >= 0.6 is 27.5 Å².